The fourth-order valence-electron chi connectivity index (χ4n) is 4.18. The molecule has 1 heterocycles. The Morgan fingerprint density at radius 1 is 1.05 bits per heavy atom. The maximum Gasteiger partial charge on any atom is 0.328 e. The zero-order chi connectivity index (χ0) is 27.8. The maximum absolute atomic E-state index is 12.5. The van der Waals surface area contributed by atoms with E-state index in [-0.39, 0.29) is 30.9 Å². The van der Waals surface area contributed by atoms with Crippen LogP contribution in [0.2, 0.25) is 0 Å². The normalized spacial score (nSPS) is 16.8. The van der Waals surface area contributed by atoms with Crippen LogP contribution in [0.15, 0.2) is 36.4 Å². The van der Waals surface area contributed by atoms with Crippen molar-refractivity contribution in [3.05, 3.63) is 53.1 Å². The van der Waals surface area contributed by atoms with Gasteiger partial charge in [-0.15, -0.1) is 0 Å². The number of aliphatic hydroxyl groups is 1. The Labute approximate surface area is 219 Å². The van der Waals surface area contributed by atoms with E-state index in [1.807, 2.05) is 0 Å². The van der Waals surface area contributed by atoms with Gasteiger partial charge in [0.1, 0.15) is 12.1 Å². The molecular weight excluding hydrogens is 498 g/mol. The molecule has 1 aliphatic heterocycles. The van der Waals surface area contributed by atoms with Crippen molar-refractivity contribution < 1.29 is 48.3 Å². The molecule has 204 valence electrons. The molecule has 1 amide bonds. The lowest BCUT2D eigenvalue weighted by Gasteiger charge is -2.18. The van der Waals surface area contributed by atoms with Crippen LogP contribution >= 0.6 is 0 Å². The number of amides is 1. The zero-order valence-corrected chi connectivity index (χ0v) is 21.6. The van der Waals surface area contributed by atoms with Gasteiger partial charge in [-0.1, -0.05) is 6.07 Å². The number of phenolic OH excluding ortho intramolecular Hbond substituents is 1. The second-order valence-electron chi connectivity index (χ2n) is 8.43. The smallest absolute Gasteiger partial charge is 0.328 e. The SMILES string of the molecule is COC(=O)CC[C@H](NC(=O)/C=C\c1cc(OC)c2c(c1)[C@H](CO)[C@@H](c1ccc(O)c(OC)c1)O2)C(=O)OC. The molecule has 3 atom stereocenters. The number of fused-ring (bicyclic) bond motifs is 1. The van der Waals surface area contributed by atoms with Crippen molar-refractivity contribution >= 4 is 23.9 Å². The van der Waals surface area contributed by atoms with E-state index < -0.39 is 35.9 Å². The molecule has 0 saturated carbocycles. The molecule has 11 heteroatoms. The van der Waals surface area contributed by atoms with Gasteiger partial charge in [0.15, 0.2) is 23.0 Å². The van der Waals surface area contributed by atoms with Crippen molar-refractivity contribution in [2.45, 2.75) is 30.9 Å². The van der Waals surface area contributed by atoms with Crippen molar-refractivity contribution in [2.24, 2.45) is 0 Å². The predicted molar refractivity (Wildman–Crippen MR) is 135 cm³/mol. The molecule has 0 unspecified atom stereocenters. The van der Waals surface area contributed by atoms with Gasteiger partial charge in [0, 0.05) is 18.1 Å². The van der Waals surface area contributed by atoms with Gasteiger partial charge >= 0.3 is 11.9 Å². The van der Waals surface area contributed by atoms with E-state index in [9.17, 15) is 24.6 Å². The average Bonchev–Trinajstić information content (AvgIpc) is 3.31. The summed E-state index contributed by atoms with van der Waals surface area (Å²) < 4.78 is 26.2. The molecule has 0 aromatic heterocycles. The minimum absolute atomic E-state index is 0.0182. The number of aliphatic hydroxyl groups excluding tert-OH is 1. The Morgan fingerprint density at radius 2 is 1.79 bits per heavy atom. The second-order valence-corrected chi connectivity index (χ2v) is 8.43. The molecule has 11 nitrogen and oxygen atoms in total. The predicted octanol–water partition coefficient (Wildman–Crippen LogP) is 2.24. The number of methoxy groups -OCH3 is 4. The Bertz CT molecular complexity index is 1210. The molecule has 2 aromatic rings. The fourth-order valence-corrected chi connectivity index (χ4v) is 4.18. The lowest BCUT2D eigenvalue weighted by molar-refractivity contribution is -0.146. The van der Waals surface area contributed by atoms with Gasteiger partial charge in [0.05, 0.1) is 41.0 Å². The number of benzene rings is 2. The third-order valence-corrected chi connectivity index (χ3v) is 6.16. The summed E-state index contributed by atoms with van der Waals surface area (Å²) in [4.78, 5) is 36.0. The zero-order valence-electron chi connectivity index (χ0n) is 21.6. The standard InChI is InChI=1S/C27H31NO10/c1-34-21-13-16(6-8-20(21)30)25-18(14-29)17-11-15(12-22(35-2)26(17)38-25)5-9-23(31)28-19(27(33)37-4)7-10-24(32)36-3/h5-6,8-9,11-13,18-19,25,29-30H,7,10,14H2,1-4H3,(H,28,31)/b9-5-/t18-,19-,25+/m0/s1. The topological polar surface area (TPSA) is 150 Å². The number of hydrogen-bond acceptors (Lipinski definition) is 10. The van der Waals surface area contributed by atoms with Gasteiger partial charge in [-0.25, -0.2) is 4.79 Å². The van der Waals surface area contributed by atoms with E-state index >= 15 is 0 Å². The highest BCUT2D eigenvalue weighted by Crippen LogP contribution is 2.51. The number of carbonyl (C=O) groups is 3. The van der Waals surface area contributed by atoms with Gasteiger partial charge in [0.2, 0.25) is 5.91 Å². The molecule has 0 bridgehead atoms. The van der Waals surface area contributed by atoms with Crippen LogP contribution in [0.4, 0.5) is 0 Å². The van der Waals surface area contributed by atoms with Crippen LogP contribution in [0.1, 0.15) is 41.6 Å². The molecule has 1 aliphatic rings. The van der Waals surface area contributed by atoms with Crippen LogP contribution in [0.3, 0.4) is 0 Å². The summed E-state index contributed by atoms with van der Waals surface area (Å²) in [6.45, 7) is -0.237. The molecule has 0 fully saturated rings. The summed E-state index contributed by atoms with van der Waals surface area (Å²) in [5, 5.41) is 22.7. The van der Waals surface area contributed by atoms with Crippen LogP contribution in [-0.4, -0.2) is 69.1 Å². The molecule has 2 aromatic carbocycles. The van der Waals surface area contributed by atoms with E-state index in [1.165, 1.54) is 46.7 Å². The minimum atomic E-state index is -1.03. The van der Waals surface area contributed by atoms with E-state index in [2.05, 4.69) is 10.1 Å². The molecule has 38 heavy (non-hydrogen) atoms. The van der Waals surface area contributed by atoms with Crippen molar-refractivity contribution in [1.82, 2.24) is 5.32 Å². The maximum atomic E-state index is 12.5. The quantitative estimate of drug-likeness (QED) is 0.292. The van der Waals surface area contributed by atoms with E-state index in [1.54, 1.807) is 24.3 Å². The third kappa shape index (κ3) is 6.35. The number of aromatic hydroxyl groups is 1. The van der Waals surface area contributed by atoms with Crippen molar-refractivity contribution in [1.29, 1.82) is 0 Å². The highest BCUT2D eigenvalue weighted by atomic mass is 16.5. The number of hydrogen-bond donors (Lipinski definition) is 3. The number of rotatable bonds is 11. The highest BCUT2D eigenvalue weighted by Gasteiger charge is 2.38. The van der Waals surface area contributed by atoms with Gasteiger partial charge in [-0.05, 0) is 47.9 Å². The van der Waals surface area contributed by atoms with E-state index in [4.69, 9.17) is 18.9 Å². The van der Waals surface area contributed by atoms with E-state index in [0.29, 0.717) is 28.2 Å². The number of esters is 2. The summed E-state index contributed by atoms with van der Waals surface area (Å²) in [5.41, 5.74) is 1.95. The van der Waals surface area contributed by atoms with Crippen molar-refractivity contribution in [2.75, 3.05) is 35.0 Å². The number of nitrogens with one attached hydrogen (secondary N) is 1. The third-order valence-electron chi connectivity index (χ3n) is 6.16. The lowest BCUT2D eigenvalue weighted by atomic mass is 9.90. The first-order chi connectivity index (χ1) is 18.3. The Balaban J connectivity index is 1.83. The van der Waals surface area contributed by atoms with Crippen LogP contribution in [0, 0.1) is 0 Å². The highest BCUT2D eigenvalue weighted by molar-refractivity contribution is 5.94. The largest absolute Gasteiger partial charge is 0.504 e. The molecule has 0 radical (unpaired) electrons. The summed E-state index contributed by atoms with van der Waals surface area (Å²) in [6.07, 6.45) is 2.14. The Hall–Kier alpha value is -4.25. The van der Waals surface area contributed by atoms with Crippen molar-refractivity contribution in [3.8, 4) is 23.0 Å². The first-order valence-corrected chi connectivity index (χ1v) is 11.8. The Kier molecular flexibility index (Phi) is 9.55. The fraction of sp³-hybridized carbons (Fsp3) is 0.370. The first-order valence-electron chi connectivity index (χ1n) is 11.8. The van der Waals surface area contributed by atoms with Crippen LogP contribution < -0.4 is 19.5 Å². The van der Waals surface area contributed by atoms with Gasteiger partial charge in [0.25, 0.3) is 0 Å². The Morgan fingerprint density at radius 3 is 2.42 bits per heavy atom. The molecule has 0 spiro atoms. The van der Waals surface area contributed by atoms with Crippen LogP contribution in [0.25, 0.3) is 6.08 Å². The molecule has 3 rings (SSSR count). The van der Waals surface area contributed by atoms with Crippen LogP contribution in [0.5, 0.6) is 23.0 Å². The van der Waals surface area contributed by atoms with Crippen molar-refractivity contribution in [3.63, 3.8) is 0 Å². The number of ether oxygens (including phenoxy) is 5. The summed E-state index contributed by atoms with van der Waals surface area (Å²) >= 11 is 0. The molecule has 3 N–H and O–H groups in total. The van der Waals surface area contributed by atoms with E-state index in [0.717, 1.165) is 0 Å². The number of phenols is 1. The summed E-state index contributed by atoms with van der Waals surface area (Å²) in [7, 11) is 5.34. The molecule has 0 aliphatic carbocycles. The van der Waals surface area contributed by atoms with Crippen LogP contribution in [-0.2, 0) is 23.9 Å². The first kappa shape index (κ1) is 28.3. The van der Waals surface area contributed by atoms with Gasteiger partial charge in [-0.2, -0.15) is 0 Å². The second kappa shape index (κ2) is 12.8. The minimum Gasteiger partial charge on any atom is -0.504 e. The monoisotopic (exact) mass is 529 g/mol. The molecule has 0 saturated heterocycles. The average molecular weight is 530 g/mol. The van der Waals surface area contributed by atoms with Gasteiger partial charge in [-0.3, -0.25) is 9.59 Å². The summed E-state index contributed by atoms with van der Waals surface area (Å²) in [5.74, 6) is -1.12. The number of carbonyl (C=O) groups excluding carboxylic acids is 3. The molecular formula is C27H31NO10. The lowest BCUT2D eigenvalue weighted by Crippen LogP contribution is -2.41. The summed E-state index contributed by atoms with van der Waals surface area (Å²) in [6, 6.07) is 7.24. The van der Waals surface area contributed by atoms with Gasteiger partial charge < -0.3 is 39.2 Å².